The summed E-state index contributed by atoms with van der Waals surface area (Å²) >= 11 is 1.33. The SMILES string of the molecule is C=CCN(C(=O)C1CC(=O)N(c2ccc(F)cc2F)C1)c1nc(-c2ccccc2)cs1. The summed E-state index contributed by atoms with van der Waals surface area (Å²) in [5, 5.41) is 2.37. The van der Waals surface area contributed by atoms with E-state index < -0.39 is 17.6 Å². The third-order valence-corrected chi connectivity index (χ3v) is 5.91. The van der Waals surface area contributed by atoms with Gasteiger partial charge >= 0.3 is 0 Å². The molecule has 1 aliphatic heterocycles. The summed E-state index contributed by atoms with van der Waals surface area (Å²) in [5.74, 6) is -2.90. The fourth-order valence-corrected chi connectivity index (χ4v) is 4.40. The maximum Gasteiger partial charge on any atom is 0.234 e. The summed E-state index contributed by atoms with van der Waals surface area (Å²) in [7, 11) is 0. The zero-order valence-corrected chi connectivity index (χ0v) is 17.3. The van der Waals surface area contributed by atoms with Gasteiger partial charge in [-0.1, -0.05) is 36.4 Å². The fraction of sp³-hybridized carbons (Fsp3) is 0.174. The van der Waals surface area contributed by atoms with Crippen LogP contribution in [-0.2, 0) is 9.59 Å². The highest BCUT2D eigenvalue weighted by atomic mass is 32.1. The average molecular weight is 439 g/mol. The molecule has 1 unspecified atom stereocenters. The highest BCUT2D eigenvalue weighted by Gasteiger charge is 2.39. The second-order valence-electron chi connectivity index (χ2n) is 7.12. The van der Waals surface area contributed by atoms with Gasteiger partial charge < -0.3 is 4.90 Å². The number of nitrogens with zero attached hydrogens (tertiary/aromatic N) is 3. The predicted molar refractivity (Wildman–Crippen MR) is 117 cm³/mol. The second-order valence-corrected chi connectivity index (χ2v) is 7.96. The van der Waals surface area contributed by atoms with Crippen molar-refractivity contribution in [1.29, 1.82) is 0 Å². The van der Waals surface area contributed by atoms with Crippen LogP contribution >= 0.6 is 11.3 Å². The topological polar surface area (TPSA) is 53.5 Å². The molecule has 0 saturated carbocycles. The molecular formula is C23H19F2N3O2S. The molecule has 31 heavy (non-hydrogen) atoms. The maximum absolute atomic E-state index is 14.2. The molecule has 1 aromatic heterocycles. The standard InChI is InChI=1S/C23H19F2N3O2S/c1-2-10-27(23-26-19(14-31-23)15-6-4-3-5-7-15)22(30)16-11-21(29)28(13-16)20-9-8-17(24)12-18(20)25/h2-9,12,14,16H,1,10-11,13H2. The summed E-state index contributed by atoms with van der Waals surface area (Å²) in [4.78, 5) is 33.0. The third-order valence-electron chi connectivity index (χ3n) is 5.05. The Balaban J connectivity index is 1.56. The van der Waals surface area contributed by atoms with E-state index in [2.05, 4.69) is 11.6 Å². The average Bonchev–Trinajstić information content (AvgIpc) is 3.40. The number of thiazole rings is 1. The molecule has 158 valence electrons. The largest absolute Gasteiger partial charge is 0.309 e. The summed E-state index contributed by atoms with van der Waals surface area (Å²) in [6.07, 6.45) is 1.54. The molecule has 3 aromatic rings. The first-order chi connectivity index (χ1) is 15.0. The van der Waals surface area contributed by atoms with Gasteiger partial charge in [0.2, 0.25) is 11.8 Å². The smallest absolute Gasteiger partial charge is 0.234 e. The highest BCUT2D eigenvalue weighted by molar-refractivity contribution is 7.14. The molecule has 1 aliphatic rings. The van der Waals surface area contributed by atoms with Crippen LogP contribution in [0.25, 0.3) is 11.3 Å². The van der Waals surface area contributed by atoms with Crippen molar-refractivity contribution in [2.24, 2.45) is 5.92 Å². The van der Waals surface area contributed by atoms with Crippen LogP contribution in [0.3, 0.4) is 0 Å². The number of hydrogen-bond acceptors (Lipinski definition) is 4. The minimum absolute atomic E-state index is 0.0186. The van der Waals surface area contributed by atoms with Crippen molar-refractivity contribution in [3.63, 3.8) is 0 Å². The van der Waals surface area contributed by atoms with Crippen molar-refractivity contribution in [3.05, 3.63) is 78.2 Å². The lowest BCUT2D eigenvalue weighted by Crippen LogP contribution is -2.37. The first kappa shape index (κ1) is 20.9. The minimum Gasteiger partial charge on any atom is -0.309 e. The van der Waals surface area contributed by atoms with Crippen molar-refractivity contribution in [2.75, 3.05) is 22.9 Å². The van der Waals surface area contributed by atoms with Gasteiger partial charge in [0.15, 0.2) is 5.13 Å². The number of halogens is 2. The number of benzene rings is 2. The molecule has 2 amide bonds. The Morgan fingerprint density at radius 1 is 1.26 bits per heavy atom. The molecule has 1 fully saturated rings. The van der Waals surface area contributed by atoms with Crippen LogP contribution in [0.2, 0.25) is 0 Å². The Bertz CT molecular complexity index is 1130. The van der Waals surface area contributed by atoms with E-state index in [1.54, 1.807) is 6.08 Å². The van der Waals surface area contributed by atoms with Crippen molar-refractivity contribution in [1.82, 2.24) is 4.98 Å². The molecule has 1 saturated heterocycles. The van der Waals surface area contributed by atoms with Crippen LogP contribution in [0.5, 0.6) is 0 Å². The van der Waals surface area contributed by atoms with E-state index in [0.29, 0.717) is 5.13 Å². The van der Waals surface area contributed by atoms with Crippen LogP contribution < -0.4 is 9.80 Å². The molecule has 0 aliphatic carbocycles. The summed E-state index contributed by atoms with van der Waals surface area (Å²) in [5.41, 5.74) is 1.66. The molecule has 0 spiro atoms. The van der Waals surface area contributed by atoms with E-state index in [1.807, 2.05) is 35.7 Å². The van der Waals surface area contributed by atoms with Crippen LogP contribution in [0, 0.1) is 17.6 Å². The summed E-state index contributed by atoms with van der Waals surface area (Å²) < 4.78 is 27.4. The van der Waals surface area contributed by atoms with Gasteiger partial charge in [-0.2, -0.15) is 0 Å². The zero-order valence-electron chi connectivity index (χ0n) is 16.5. The van der Waals surface area contributed by atoms with Gasteiger partial charge in [-0.3, -0.25) is 14.5 Å². The van der Waals surface area contributed by atoms with E-state index in [-0.39, 0.29) is 37.0 Å². The molecule has 2 heterocycles. The van der Waals surface area contributed by atoms with Gasteiger partial charge in [0.25, 0.3) is 0 Å². The molecule has 0 radical (unpaired) electrons. The third kappa shape index (κ3) is 4.25. The van der Waals surface area contributed by atoms with Gasteiger partial charge in [-0.05, 0) is 12.1 Å². The molecule has 1 atom stereocenters. The second kappa shape index (κ2) is 8.77. The molecule has 0 bridgehead atoms. The predicted octanol–water partition coefficient (Wildman–Crippen LogP) is 4.66. The Morgan fingerprint density at radius 2 is 2.03 bits per heavy atom. The number of anilines is 2. The van der Waals surface area contributed by atoms with E-state index in [4.69, 9.17) is 0 Å². The Kier molecular flexibility index (Phi) is 5.90. The first-order valence-electron chi connectivity index (χ1n) is 9.66. The van der Waals surface area contributed by atoms with E-state index in [1.165, 1.54) is 27.2 Å². The molecule has 5 nitrogen and oxygen atoms in total. The van der Waals surface area contributed by atoms with Gasteiger partial charge in [-0.25, -0.2) is 13.8 Å². The monoisotopic (exact) mass is 439 g/mol. The number of carbonyl (C=O) groups excluding carboxylic acids is 2. The van der Waals surface area contributed by atoms with Gasteiger partial charge in [0, 0.05) is 36.5 Å². The van der Waals surface area contributed by atoms with E-state index in [9.17, 15) is 18.4 Å². The zero-order chi connectivity index (χ0) is 22.0. The van der Waals surface area contributed by atoms with Crippen LogP contribution in [0.1, 0.15) is 6.42 Å². The normalized spacial score (nSPS) is 15.9. The number of carbonyl (C=O) groups is 2. The van der Waals surface area contributed by atoms with E-state index >= 15 is 0 Å². The number of aromatic nitrogens is 1. The molecule has 4 rings (SSSR count). The minimum atomic E-state index is -0.836. The molecular weight excluding hydrogens is 420 g/mol. The van der Waals surface area contributed by atoms with Crippen molar-refractivity contribution >= 4 is 34.0 Å². The lowest BCUT2D eigenvalue weighted by Gasteiger charge is -2.22. The maximum atomic E-state index is 14.2. The van der Waals surface area contributed by atoms with Crippen LogP contribution in [0.4, 0.5) is 19.6 Å². The summed E-state index contributed by atoms with van der Waals surface area (Å²) in [6, 6.07) is 12.6. The van der Waals surface area contributed by atoms with Crippen LogP contribution in [0.15, 0.2) is 66.6 Å². The first-order valence-corrected chi connectivity index (χ1v) is 10.5. The van der Waals surface area contributed by atoms with Crippen molar-refractivity contribution in [3.8, 4) is 11.3 Å². The van der Waals surface area contributed by atoms with E-state index in [0.717, 1.165) is 23.4 Å². The Labute approximate surface area is 182 Å². The molecule has 0 N–H and O–H groups in total. The van der Waals surface area contributed by atoms with Crippen LogP contribution in [-0.4, -0.2) is 29.9 Å². The number of rotatable bonds is 6. The quantitative estimate of drug-likeness (QED) is 0.525. The fourth-order valence-electron chi connectivity index (χ4n) is 3.55. The van der Waals surface area contributed by atoms with Crippen molar-refractivity contribution < 1.29 is 18.4 Å². The Hall–Kier alpha value is -3.39. The highest BCUT2D eigenvalue weighted by Crippen LogP contribution is 2.32. The van der Waals surface area contributed by atoms with Gasteiger partial charge in [-0.15, -0.1) is 17.9 Å². The van der Waals surface area contributed by atoms with Gasteiger partial charge in [0.05, 0.1) is 17.3 Å². The lowest BCUT2D eigenvalue weighted by molar-refractivity contribution is -0.124. The van der Waals surface area contributed by atoms with Gasteiger partial charge in [0.1, 0.15) is 11.6 Å². The number of amides is 2. The Morgan fingerprint density at radius 3 is 2.74 bits per heavy atom. The number of hydrogen-bond donors (Lipinski definition) is 0. The van der Waals surface area contributed by atoms with Crippen molar-refractivity contribution in [2.45, 2.75) is 6.42 Å². The molecule has 8 heteroatoms. The lowest BCUT2D eigenvalue weighted by atomic mass is 10.1. The molecule has 2 aromatic carbocycles. The summed E-state index contributed by atoms with van der Waals surface area (Å²) in [6.45, 7) is 3.97.